The maximum Gasteiger partial charge on any atom is 0.417 e. The summed E-state index contributed by atoms with van der Waals surface area (Å²) in [5.41, 5.74) is -5.79. The summed E-state index contributed by atoms with van der Waals surface area (Å²) in [5, 5.41) is 2.19. The molecular weight excluding hydrogens is 772 g/mol. The molecule has 292 valence electrons. The Balaban J connectivity index is 1.22. The van der Waals surface area contributed by atoms with Crippen molar-refractivity contribution in [2.45, 2.75) is 32.2 Å². The minimum atomic E-state index is -5.30. The zero-order chi connectivity index (χ0) is 42.0. The van der Waals surface area contributed by atoms with Crippen LogP contribution in [0.5, 0.6) is 0 Å². The van der Waals surface area contributed by atoms with Gasteiger partial charge in [-0.05, 0) is 103 Å². The molecule has 0 saturated heterocycles. The summed E-state index contributed by atoms with van der Waals surface area (Å²) in [5.74, 6) is -4.02. The fourth-order valence-corrected chi connectivity index (χ4v) is 6.94. The third-order valence-electron chi connectivity index (χ3n) is 9.61. The highest BCUT2D eigenvalue weighted by molar-refractivity contribution is 6.34. The first kappa shape index (κ1) is 39.0. The summed E-state index contributed by atoms with van der Waals surface area (Å²) >= 11 is 0. The van der Waals surface area contributed by atoms with E-state index in [-0.39, 0.29) is 38.9 Å². The largest absolute Gasteiger partial charge is 0.417 e. The van der Waals surface area contributed by atoms with Crippen LogP contribution < -0.4 is 10.2 Å². The lowest BCUT2D eigenvalue weighted by molar-refractivity contribution is -0.139. The summed E-state index contributed by atoms with van der Waals surface area (Å²) in [7, 11) is 0. The van der Waals surface area contributed by atoms with Crippen molar-refractivity contribution >= 4 is 53.5 Å². The van der Waals surface area contributed by atoms with Crippen LogP contribution in [0.4, 0.5) is 37.7 Å². The van der Waals surface area contributed by atoms with Crippen molar-refractivity contribution in [3.05, 3.63) is 141 Å². The number of rotatable bonds is 8. The lowest BCUT2D eigenvalue weighted by atomic mass is 9.93. The molecule has 0 aromatic heterocycles. The first-order valence-corrected chi connectivity index (χ1v) is 17.2. The smallest absolute Gasteiger partial charge is 0.322 e. The van der Waals surface area contributed by atoms with Crippen molar-refractivity contribution in [2.75, 3.05) is 10.2 Å². The van der Waals surface area contributed by atoms with E-state index in [0.717, 1.165) is 29.2 Å². The van der Waals surface area contributed by atoms with Crippen molar-refractivity contribution in [3.63, 3.8) is 0 Å². The van der Waals surface area contributed by atoms with Gasteiger partial charge in [0, 0.05) is 28.4 Å². The fraction of sp³-hybridized carbons (Fsp3) is 0.119. The minimum Gasteiger partial charge on any atom is -0.322 e. The summed E-state index contributed by atoms with van der Waals surface area (Å²) < 4.78 is 87.5. The maximum absolute atomic E-state index is 14.7. The second-order valence-corrected chi connectivity index (χ2v) is 13.6. The molecule has 2 aliphatic rings. The first-order chi connectivity index (χ1) is 27.3. The van der Waals surface area contributed by atoms with Crippen LogP contribution in [0, 0.1) is 0 Å². The number of amides is 5. The van der Waals surface area contributed by atoms with E-state index < -0.39 is 81.6 Å². The molecule has 7 rings (SSSR count). The molecule has 2 heterocycles. The molecule has 0 atom stereocenters. The van der Waals surface area contributed by atoms with Crippen molar-refractivity contribution in [2.24, 2.45) is 0 Å². The summed E-state index contributed by atoms with van der Waals surface area (Å²) in [6, 6.07) is 15.5. The van der Waals surface area contributed by atoms with E-state index in [0.29, 0.717) is 52.9 Å². The normalized spacial score (nSPS) is 13.9. The zero-order valence-electron chi connectivity index (χ0n) is 29.9. The van der Waals surface area contributed by atoms with Crippen LogP contribution in [0.3, 0.4) is 0 Å². The number of nitrogens with zero attached hydrogens (tertiary/aromatic N) is 2. The molecule has 0 aliphatic carbocycles. The average Bonchev–Trinajstić information content (AvgIpc) is 3.59. The van der Waals surface area contributed by atoms with Crippen LogP contribution in [-0.2, 0) is 12.4 Å². The molecule has 5 aromatic rings. The molecule has 5 aromatic carbocycles. The van der Waals surface area contributed by atoms with Gasteiger partial charge in [0.2, 0.25) is 0 Å². The van der Waals surface area contributed by atoms with Crippen molar-refractivity contribution in [1.29, 1.82) is 0 Å². The number of hydrogen-bond donors (Lipinski definition) is 1. The van der Waals surface area contributed by atoms with Gasteiger partial charge in [-0.25, -0.2) is 4.90 Å². The van der Waals surface area contributed by atoms with Crippen LogP contribution in [-0.4, -0.2) is 53.0 Å². The van der Waals surface area contributed by atoms with Crippen molar-refractivity contribution in [3.8, 4) is 22.3 Å². The third-order valence-corrected chi connectivity index (χ3v) is 9.61. The van der Waals surface area contributed by atoms with Gasteiger partial charge < -0.3 is 5.32 Å². The monoisotopic (exact) mass is 797 g/mol. The molecule has 2 aliphatic heterocycles. The highest BCUT2D eigenvalue weighted by atomic mass is 19.4. The van der Waals surface area contributed by atoms with Crippen molar-refractivity contribution < 1.29 is 59.9 Å². The van der Waals surface area contributed by atoms with E-state index in [9.17, 15) is 59.9 Å². The molecule has 0 saturated carbocycles. The first-order valence-electron chi connectivity index (χ1n) is 17.2. The molecule has 0 unspecified atom stereocenters. The SMILES string of the molecule is CC(C)N1C(=O)c2ccc(-c3ccc4c(c3)C(=O)N(c3ccc(-c5ccc(NC(=O)c6cc(C=O)cc(C=O)c6)cc5C(F)(F)F)c(C(F)(F)F)c3)C4=O)cc2C1=O. The molecule has 5 amide bonds. The Morgan fingerprint density at radius 2 is 1.03 bits per heavy atom. The van der Waals surface area contributed by atoms with Crippen LogP contribution in [0.1, 0.15) is 97.5 Å². The van der Waals surface area contributed by atoms with E-state index in [4.69, 9.17) is 0 Å². The molecule has 0 fully saturated rings. The van der Waals surface area contributed by atoms with Gasteiger partial charge in [-0.15, -0.1) is 0 Å². The predicted molar refractivity (Wildman–Crippen MR) is 196 cm³/mol. The number of fused-ring (bicyclic) bond motifs is 2. The number of aldehydes is 2. The van der Waals surface area contributed by atoms with Gasteiger partial charge in [0.25, 0.3) is 29.5 Å². The molecule has 10 nitrogen and oxygen atoms in total. The van der Waals surface area contributed by atoms with Gasteiger partial charge in [-0.2, -0.15) is 26.3 Å². The maximum atomic E-state index is 14.7. The summed E-state index contributed by atoms with van der Waals surface area (Å²) in [4.78, 5) is 89.8. The summed E-state index contributed by atoms with van der Waals surface area (Å²) in [6.45, 7) is 3.35. The van der Waals surface area contributed by atoms with Gasteiger partial charge in [-0.1, -0.05) is 24.3 Å². The van der Waals surface area contributed by atoms with Crippen LogP contribution in [0.2, 0.25) is 0 Å². The minimum absolute atomic E-state index is 0.0678. The fourth-order valence-electron chi connectivity index (χ4n) is 6.94. The number of nitrogens with one attached hydrogen (secondary N) is 1. The third kappa shape index (κ3) is 6.71. The standard InChI is InChI=1S/C42H25F6N3O7/c1-20(2)50-37(55)30-7-3-23(14-32(30)39(50)57)24-4-8-31-33(15-24)40(58)51(38(31)56)27-6-10-29(35(17-27)42(46,47)48)28-9-5-26(16-34(28)41(43,44)45)49-36(54)25-12-21(18-52)11-22(13-25)19-53/h3-20H,1-2H3,(H,49,54). The molecule has 1 N–H and O–H groups in total. The van der Waals surface area contributed by atoms with E-state index in [1.807, 2.05) is 0 Å². The molecule has 0 spiro atoms. The topological polar surface area (TPSA) is 138 Å². The molecule has 58 heavy (non-hydrogen) atoms. The van der Waals surface area contributed by atoms with Gasteiger partial charge >= 0.3 is 12.4 Å². The Hall–Kier alpha value is -7.23. The van der Waals surface area contributed by atoms with Crippen molar-refractivity contribution in [1.82, 2.24) is 4.90 Å². The summed E-state index contributed by atoms with van der Waals surface area (Å²) in [6.07, 6.45) is -9.86. The number of carbonyl (C=O) groups excluding carboxylic acids is 7. The number of imide groups is 2. The van der Waals surface area contributed by atoms with E-state index in [1.165, 1.54) is 42.5 Å². The Morgan fingerprint density at radius 3 is 1.57 bits per heavy atom. The lowest BCUT2D eigenvalue weighted by Crippen LogP contribution is -2.35. The highest BCUT2D eigenvalue weighted by Gasteiger charge is 2.42. The van der Waals surface area contributed by atoms with Crippen LogP contribution in [0.15, 0.2) is 91.0 Å². The lowest BCUT2D eigenvalue weighted by Gasteiger charge is -2.21. The Labute approximate surface area is 323 Å². The van der Waals surface area contributed by atoms with E-state index >= 15 is 0 Å². The molecular formula is C42H25F6N3O7. The van der Waals surface area contributed by atoms with E-state index in [1.54, 1.807) is 13.8 Å². The highest BCUT2D eigenvalue weighted by Crippen LogP contribution is 2.45. The molecule has 0 bridgehead atoms. The van der Waals surface area contributed by atoms with Gasteiger partial charge in [0.05, 0.1) is 39.1 Å². The Bertz CT molecular complexity index is 2640. The van der Waals surface area contributed by atoms with Gasteiger partial charge in [0.15, 0.2) is 0 Å². The number of anilines is 2. The number of benzene rings is 5. The number of carbonyl (C=O) groups is 7. The second-order valence-electron chi connectivity index (χ2n) is 13.6. The average molecular weight is 798 g/mol. The number of halogens is 6. The quantitative estimate of drug-likeness (QED) is 0.0942. The van der Waals surface area contributed by atoms with Gasteiger partial charge in [0.1, 0.15) is 12.6 Å². The second kappa shape index (κ2) is 14.1. The Morgan fingerprint density at radius 1 is 0.569 bits per heavy atom. The van der Waals surface area contributed by atoms with Crippen LogP contribution in [0.25, 0.3) is 22.3 Å². The number of alkyl halides is 6. The molecule has 0 radical (unpaired) electrons. The predicted octanol–water partition coefficient (Wildman–Crippen LogP) is 8.74. The van der Waals surface area contributed by atoms with E-state index in [2.05, 4.69) is 5.32 Å². The molecule has 16 heteroatoms. The number of hydrogen-bond acceptors (Lipinski definition) is 7. The van der Waals surface area contributed by atoms with Crippen LogP contribution >= 0.6 is 0 Å². The van der Waals surface area contributed by atoms with Gasteiger partial charge in [-0.3, -0.25) is 38.5 Å². The Kier molecular flexibility index (Phi) is 9.46. The zero-order valence-corrected chi connectivity index (χ0v) is 29.9.